The van der Waals surface area contributed by atoms with E-state index in [1.54, 1.807) is 0 Å². The van der Waals surface area contributed by atoms with E-state index in [4.69, 9.17) is 4.74 Å². The SMILES string of the molecule is CC=C(Cc1cc2ccccc2cc1CC)OCC. The second-order valence-corrected chi connectivity index (χ2v) is 4.69. The second-order valence-electron chi connectivity index (χ2n) is 4.69. The minimum Gasteiger partial charge on any atom is -0.498 e. The largest absolute Gasteiger partial charge is 0.498 e. The zero-order valence-corrected chi connectivity index (χ0v) is 12.1. The fourth-order valence-corrected chi connectivity index (χ4v) is 2.44. The molecule has 0 radical (unpaired) electrons. The Kier molecular flexibility index (Phi) is 4.62. The van der Waals surface area contributed by atoms with Gasteiger partial charge in [-0.3, -0.25) is 0 Å². The van der Waals surface area contributed by atoms with Crippen LogP contribution in [0.15, 0.2) is 48.2 Å². The number of fused-ring (bicyclic) bond motifs is 1. The zero-order valence-electron chi connectivity index (χ0n) is 12.1. The van der Waals surface area contributed by atoms with Gasteiger partial charge in [-0.25, -0.2) is 0 Å². The van der Waals surface area contributed by atoms with Crippen LogP contribution < -0.4 is 0 Å². The van der Waals surface area contributed by atoms with Crippen LogP contribution in [0, 0.1) is 0 Å². The molecule has 0 heterocycles. The van der Waals surface area contributed by atoms with Crippen LogP contribution in [0.2, 0.25) is 0 Å². The summed E-state index contributed by atoms with van der Waals surface area (Å²) < 4.78 is 5.67. The van der Waals surface area contributed by atoms with Crippen molar-refractivity contribution in [2.75, 3.05) is 6.61 Å². The van der Waals surface area contributed by atoms with Gasteiger partial charge in [0.25, 0.3) is 0 Å². The number of ether oxygens (including phenoxy) is 1. The third-order valence-electron chi connectivity index (χ3n) is 3.47. The summed E-state index contributed by atoms with van der Waals surface area (Å²) in [6.45, 7) is 7.01. The summed E-state index contributed by atoms with van der Waals surface area (Å²) in [4.78, 5) is 0. The van der Waals surface area contributed by atoms with Crippen molar-refractivity contribution in [2.45, 2.75) is 33.6 Å². The molecule has 0 unspecified atom stereocenters. The van der Waals surface area contributed by atoms with E-state index in [0.29, 0.717) is 0 Å². The number of aryl methyl sites for hydroxylation is 1. The van der Waals surface area contributed by atoms with E-state index in [-0.39, 0.29) is 0 Å². The smallest absolute Gasteiger partial charge is 0.0960 e. The highest BCUT2D eigenvalue weighted by Gasteiger charge is 2.06. The van der Waals surface area contributed by atoms with E-state index < -0.39 is 0 Å². The normalized spacial score (nSPS) is 11.8. The van der Waals surface area contributed by atoms with Crippen LogP contribution in [0.1, 0.15) is 31.9 Å². The summed E-state index contributed by atoms with van der Waals surface area (Å²) in [6.07, 6.45) is 4.01. The first-order valence-electron chi connectivity index (χ1n) is 7.07. The van der Waals surface area contributed by atoms with Crippen molar-refractivity contribution in [3.8, 4) is 0 Å². The van der Waals surface area contributed by atoms with Crippen LogP contribution >= 0.6 is 0 Å². The van der Waals surface area contributed by atoms with Gasteiger partial charge in [-0.15, -0.1) is 0 Å². The van der Waals surface area contributed by atoms with E-state index in [1.807, 2.05) is 13.8 Å². The topological polar surface area (TPSA) is 9.23 Å². The zero-order chi connectivity index (χ0) is 13.7. The Morgan fingerprint density at radius 3 is 2.21 bits per heavy atom. The Hall–Kier alpha value is -1.76. The van der Waals surface area contributed by atoms with Gasteiger partial charge in [0.2, 0.25) is 0 Å². The molecule has 0 bridgehead atoms. The highest BCUT2D eigenvalue weighted by Crippen LogP contribution is 2.23. The Morgan fingerprint density at radius 1 is 1.05 bits per heavy atom. The number of hydrogen-bond donors (Lipinski definition) is 0. The maximum Gasteiger partial charge on any atom is 0.0960 e. The van der Waals surface area contributed by atoms with Crippen molar-refractivity contribution in [3.05, 3.63) is 59.4 Å². The van der Waals surface area contributed by atoms with Gasteiger partial charge < -0.3 is 4.74 Å². The van der Waals surface area contributed by atoms with Gasteiger partial charge in [0, 0.05) is 6.42 Å². The van der Waals surface area contributed by atoms with E-state index in [0.717, 1.165) is 25.2 Å². The number of rotatable bonds is 5. The van der Waals surface area contributed by atoms with Crippen LogP contribution in [-0.4, -0.2) is 6.61 Å². The van der Waals surface area contributed by atoms with Crippen LogP contribution in [0.25, 0.3) is 10.8 Å². The molecule has 1 nitrogen and oxygen atoms in total. The van der Waals surface area contributed by atoms with E-state index in [1.165, 1.54) is 21.9 Å². The highest BCUT2D eigenvalue weighted by atomic mass is 16.5. The van der Waals surface area contributed by atoms with Gasteiger partial charge in [-0.1, -0.05) is 43.3 Å². The van der Waals surface area contributed by atoms with Gasteiger partial charge in [0.1, 0.15) is 0 Å². The molecule has 0 aromatic heterocycles. The van der Waals surface area contributed by atoms with E-state index in [2.05, 4.69) is 49.4 Å². The highest BCUT2D eigenvalue weighted by molar-refractivity contribution is 5.84. The molecule has 0 amide bonds. The summed E-state index contributed by atoms with van der Waals surface area (Å²) in [5.41, 5.74) is 2.79. The Balaban J connectivity index is 2.40. The fourth-order valence-electron chi connectivity index (χ4n) is 2.44. The summed E-state index contributed by atoms with van der Waals surface area (Å²) in [6, 6.07) is 13.2. The molecular formula is C18H22O. The van der Waals surface area contributed by atoms with Crippen LogP contribution in [0.5, 0.6) is 0 Å². The van der Waals surface area contributed by atoms with Gasteiger partial charge in [0.15, 0.2) is 0 Å². The van der Waals surface area contributed by atoms with Crippen molar-refractivity contribution in [1.29, 1.82) is 0 Å². The molecule has 0 N–H and O–H groups in total. The molecule has 0 aliphatic heterocycles. The summed E-state index contributed by atoms with van der Waals surface area (Å²) in [7, 11) is 0. The molecule has 0 aliphatic rings. The monoisotopic (exact) mass is 254 g/mol. The van der Waals surface area contributed by atoms with Crippen molar-refractivity contribution in [1.82, 2.24) is 0 Å². The maximum absolute atomic E-state index is 5.67. The second kappa shape index (κ2) is 6.42. The quantitative estimate of drug-likeness (QED) is 0.691. The summed E-state index contributed by atoms with van der Waals surface area (Å²) >= 11 is 0. The molecule has 0 spiro atoms. The molecule has 19 heavy (non-hydrogen) atoms. The lowest BCUT2D eigenvalue weighted by Crippen LogP contribution is -2.00. The van der Waals surface area contributed by atoms with Crippen molar-refractivity contribution < 1.29 is 4.74 Å². The van der Waals surface area contributed by atoms with E-state index in [9.17, 15) is 0 Å². The third-order valence-corrected chi connectivity index (χ3v) is 3.47. The average Bonchev–Trinajstić information content (AvgIpc) is 2.46. The molecule has 2 aromatic rings. The summed E-state index contributed by atoms with van der Waals surface area (Å²) in [5.74, 6) is 1.06. The molecule has 0 fully saturated rings. The van der Waals surface area contributed by atoms with Gasteiger partial charge >= 0.3 is 0 Å². The minimum atomic E-state index is 0.731. The molecule has 2 aromatic carbocycles. The molecule has 0 atom stereocenters. The Bertz CT molecular complexity index is 581. The number of allylic oxidation sites excluding steroid dienone is 2. The molecule has 1 heteroatoms. The van der Waals surface area contributed by atoms with Gasteiger partial charge in [-0.2, -0.15) is 0 Å². The third kappa shape index (κ3) is 3.17. The van der Waals surface area contributed by atoms with Gasteiger partial charge in [0.05, 0.1) is 12.4 Å². The summed E-state index contributed by atoms with van der Waals surface area (Å²) in [5, 5.41) is 2.63. The maximum atomic E-state index is 5.67. The minimum absolute atomic E-state index is 0.731. The lowest BCUT2D eigenvalue weighted by atomic mass is 9.96. The lowest BCUT2D eigenvalue weighted by Gasteiger charge is -2.13. The van der Waals surface area contributed by atoms with Crippen LogP contribution in [0.4, 0.5) is 0 Å². The van der Waals surface area contributed by atoms with Gasteiger partial charge in [-0.05, 0) is 48.2 Å². The number of benzene rings is 2. The van der Waals surface area contributed by atoms with E-state index >= 15 is 0 Å². The molecule has 0 aliphatic carbocycles. The lowest BCUT2D eigenvalue weighted by molar-refractivity contribution is 0.222. The predicted molar refractivity (Wildman–Crippen MR) is 82.4 cm³/mol. The molecular weight excluding hydrogens is 232 g/mol. The van der Waals surface area contributed by atoms with Crippen molar-refractivity contribution in [3.63, 3.8) is 0 Å². The molecule has 0 saturated carbocycles. The number of hydrogen-bond acceptors (Lipinski definition) is 1. The first-order valence-corrected chi connectivity index (χ1v) is 7.07. The van der Waals surface area contributed by atoms with Crippen molar-refractivity contribution >= 4 is 10.8 Å². The Labute approximate surface area is 115 Å². The van der Waals surface area contributed by atoms with Crippen LogP contribution in [0.3, 0.4) is 0 Å². The Morgan fingerprint density at radius 2 is 1.68 bits per heavy atom. The standard InChI is InChI=1S/C18H22O/c1-4-14-11-15-9-7-8-10-16(15)12-17(14)13-18(5-2)19-6-3/h5,7-12H,4,6,13H2,1-3H3. The molecule has 2 rings (SSSR count). The molecule has 100 valence electrons. The van der Waals surface area contributed by atoms with Crippen LogP contribution in [-0.2, 0) is 17.6 Å². The average molecular weight is 254 g/mol. The van der Waals surface area contributed by atoms with Crippen molar-refractivity contribution in [2.24, 2.45) is 0 Å². The fraction of sp³-hybridized carbons (Fsp3) is 0.333. The first kappa shape index (κ1) is 13.7. The first-order chi connectivity index (χ1) is 9.28. The predicted octanol–water partition coefficient (Wildman–Crippen LogP) is 4.89. The molecule has 0 saturated heterocycles.